The summed E-state index contributed by atoms with van der Waals surface area (Å²) >= 11 is 0. The summed E-state index contributed by atoms with van der Waals surface area (Å²) in [4.78, 5) is 16.7. The van der Waals surface area contributed by atoms with Crippen LogP contribution in [0.5, 0.6) is 5.88 Å². The smallest absolute Gasteiger partial charge is 0.212 e. The highest BCUT2D eigenvalue weighted by Crippen LogP contribution is 2.43. The number of fused-ring (bicyclic) bond motifs is 3. The molecule has 5 aliphatic rings. The van der Waals surface area contributed by atoms with Crippen molar-refractivity contribution in [1.29, 1.82) is 5.26 Å². The van der Waals surface area contributed by atoms with Crippen LogP contribution in [0.15, 0.2) is 55.1 Å². The van der Waals surface area contributed by atoms with Gasteiger partial charge in [-0.3, -0.25) is 4.90 Å². The summed E-state index contributed by atoms with van der Waals surface area (Å²) in [6.45, 7) is 6.64. The van der Waals surface area contributed by atoms with Gasteiger partial charge in [-0.25, -0.2) is 14.5 Å². The van der Waals surface area contributed by atoms with E-state index in [-0.39, 0.29) is 0 Å². The Kier molecular flexibility index (Phi) is 6.05. The largest absolute Gasteiger partial charge is 0.481 e. The number of pyridine rings is 3. The first-order chi connectivity index (χ1) is 20.6. The number of methoxy groups -OCH3 is 1. The minimum Gasteiger partial charge on any atom is -0.481 e. The molecule has 0 N–H and O–H groups in total. The van der Waals surface area contributed by atoms with Crippen LogP contribution in [0, 0.1) is 16.7 Å². The van der Waals surface area contributed by atoms with Gasteiger partial charge in [0.2, 0.25) is 5.88 Å². The second kappa shape index (κ2) is 9.96. The summed E-state index contributed by atoms with van der Waals surface area (Å²) in [5.74, 6) is 1.65. The zero-order chi connectivity index (χ0) is 28.3. The Balaban J connectivity index is 1.00. The molecule has 42 heavy (non-hydrogen) atoms. The van der Waals surface area contributed by atoms with Gasteiger partial charge in [-0.05, 0) is 43.0 Å². The molecule has 0 amide bonds. The molecular formula is C32H34N8O2. The van der Waals surface area contributed by atoms with Crippen molar-refractivity contribution in [2.24, 2.45) is 5.41 Å². The van der Waals surface area contributed by atoms with Crippen LogP contribution < -0.4 is 14.5 Å². The van der Waals surface area contributed by atoms with E-state index in [2.05, 4.69) is 61.3 Å². The van der Waals surface area contributed by atoms with Crippen molar-refractivity contribution in [1.82, 2.24) is 24.5 Å². The summed E-state index contributed by atoms with van der Waals surface area (Å²) in [5, 5.41) is 14.4. The van der Waals surface area contributed by atoms with Crippen LogP contribution in [0.1, 0.15) is 30.4 Å². The maximum Gasteiger partial charge on any atom is 0.212 e. The highest BCUT2D eigenvalue weighted by atomic mass is 16.5. The van der Waals surface area contributed by atoms with Crippen LogP contribution in [-0.2, 0) is 11.3 Å². The second-order valence-corrected chi connectivity index (χ2v) is 12.3. The lowest BCUT2D eigenvalue weighted by Gasteiger charge is -2.56. The quantitative estimate of drug-likeness (QED) is 0.348. The number of aromatic nitrogens is 4. The lowest BCUT2D eigenvalue weighted by Crippen LogP contribution is -2.68. The average molecular weight is 563 g/mol. The van der Waals surface area contributed by atoms with E-state index < -0.39 is 0 Å². The Morgan fingerprint density at radius 3 is 2.55 bits per heavy atom. The van der Waals surface area contributed by atoms with Crippen LogP contribution in [0.3, 0.4) is 0 Å². The molecule has 9 rings (SSSR count). The molecule has 5 saturated heterocycles. The zero-order valence-electron chi connectivity index (χ0n) is 23.8. The molecule has 5 fully saturated rings. The second-order valence-electron chi connectivity index (χ2n) is 12.3. The van der Waals surface area contributed by atoms with Crippen molar-refractivity contribution >= 4 is 17.0 Å². The molecule has 10 heteroatoms. The van der Waals surface area contributed by atoms with Gasteiger partial charge in [-0.1, -0.05) is 6.07 Å². The minimum atomic E-state index is 0.370. The maximum absolute atomic E-state index is 9.82. The summed E-state index contributed by atoms with van der Waals surface area (Å²) in [6, 6.07) is 13.9. The van der Waals surface area contributed by atoms with Crippen molar-refractivity contribution in [2.75, 3.05) is 56.3 Å². The van der Waals surface area contributed by atoms with Crippen LogP contribution in [0.25, 0.3) is 16.6 Å². The van der Waals surface area contributed by atoms with Crippen molar-refractivity contribution in [3.05, 3.63) is 66.2 Å². The lowest BCUT2D eigenvalue weighted by atomic mass is 9.73. The topological polar surface area (TPSA) is 95.1 Å². The molecule has 1 spiro atoms. The first kappa shape index (κ1) is 25.5. The van der Waals surface area contributed by atoms with E-state index in [9.17, 15) is 5.26 Å². The van der Waals surface area contributed by atoms with Gasteiger partial charge >= 0.3 is 0 Å². The van der Waals surface area contributed by atoms with E-state index in [1.54, 1.807) is 13.3 Å². The third kappa shape index (κ3) is 4.27. The lowest BCUT2D eigenvalue weighted by molar-refractivity contribution is -0.00876. The number of hydrogen-bond donors (Lipinski definition) is 0. The van der Waals surface area contributed by atoms with Crippen molar-refractivity contribution in [2.45, 2.75) is 37.9 Å². The Morgan fingerprint density at radius 2 is 1.86 bits per heavy atom. The summed E-state index contributed by atoms with van der Waals surface area (Å²) in [5.41, 5.74) is 6.12. The molecule has 0 aliphatic carbocycles. The predicted molar refractivity (Wildman–Crippen MR) is 159 cm³/mol. The number of piperidine rings is 1. The van der Waals surface area contributed by atoms with Crippen LogP contribution >= 0.6 is 0 Å². The molecule has 2 bridgehead atoms. The molecule has 0 aromatic carbocycles. The number of rotatable bonds is 6. The Bertz CT molecular complexity index is 1640. The number of piperazine rings is 1. The van der Waals surface area contributed by atoms with E-state index in [0.29, 0.717) is 28.9 Å². The number of hydrogen-bond acceptors (Lipinski definition) is 9. The van der Waals surface area contributed by atoms with Crippen LogP contribution in [0.4, 0.5) is 11.5 Å². The molecule has 4 aromatic heterocycles. The van der Waals surface area contributed by atoms with Crippen LogP contribution in [-0.4, -0.2) is 83.1 Å². The number of ether oxygens (including phenoxy) is 2. The predicted octanol–water partition coefficient (Wildman–Crippen LogP) is 3.75. The fourth-order valence-electron chi connectivity index (χ4n) is 7.35. The van der Waals surface area contributed by atoms with Gasteiger partial charge in [0.25, 0.3) is 0 Å². The SMILES string of the molecule is COc1ccc(CN2C3CC2CN(c2ccc(-c4cc(N5CC6(CCOCC6)C5)cn5ncc(C#N)c45)cn2)C3)cn1. The highest BCUT2D eigenvalue weighted by molar-refractivity contribution is 5.86. The molecule has 2 atom stereocenters. The molecule has 5 aliphatic heterocycles. The van der Waals surface area contributed by atoms with Gasteiger partial charge in [-0.2, -0.15) is 10.4 Å². The molecule has 9 heterocycles. The first-order valence-corrected chi connectivity index (χ1v) is 14.8. The summed E-state index contributed by atoms with van der Waals surface area (Å²) in [7, 11) is 1.64. The van der Waals surface area contributed by atoms with E-state index in [1.165, 1.54) is 12.0 Å². The molecule has 2 unspecified atom stereocenters. The standard InChI is InChI=1S/C32H34N8O2/c1-41-30-5-2-22(13-35-30)16-39-26-10-27(39)18-37(17-26)29-4-3-23(14-34-29)28-11-25(19-40-31(28)24(12-33)15-36-40)38-20-32(21-38)6-8-42-9-7-32/h2-5,11,13-15,19,26-27H,6-10,16-18,20-21H2,1H3. The van der Waals surface area contributed by atoms with Crippen LogP contribution in [0.2, 0.25) is 0 Å². The van der Waals surface area contributed by atoms with E-state index in [1.807, 2.05) is 23.0 Å². The summed E-state index contributed by atoms with van der Waals surface area (Å²) in [6.07, 6.45) is 11.1. The number of nitrogens with zero attached hydrogens (tertiary/aromatic N) is 8. The number of nitriles is 1. The molecule has 4 aromatic rings. The summed E-state index contributed by atoms with van der Waals surface area (Å²) < 4.78 is 12.7. The van der Waals surface area contributed by atoms with Crippen molar-refractivity contribution < 1.29 is 9.47 Å². The molecular weight excluding hydrogens is 528 g/mol. The average Bonchev–Trinajstić information content (AvgIpc) is 3.46. The van der Waals surface area contributed by atoms with Gasteiger partial charge in [0.1, 0.15) is 11.9 Å². The Morgan fingerprint density at radius 1 is 1.02 bits per heavy atom. The minimum absolute atomic E-state index is 0.370. The fraction of sp³-hybridized carbons (Fsp3) is 0.438. The van der Waals surface area contributed by atoms with E-state index >= 15 is 0 Å². The molecule has 0 radical (unpaired) electrons. The highest BCUT2D eigenvalue weighted by Gasteiger charge is 2.45. The van der Waals surface area contributed by atoms with E-state index in [4.69, 9.17) is 14.5 Å². The number of anilines is 2. The zero-order valence-corrected chi connectivity index (χ0v) is 23.8. The third-order valence-electron chi connectivity index (χ3n) is 9.79. The Hall–Kier alpha value is -4.20. The van der Waals surface area contributed by atoms with Crippen molar-refractivity contribution in [3.8, 4) is 23.1 Å². The van der Waals surface area contributed by atoms with Gasteiger partial charge in [0, 0.05) is 93.0 Å². The molecule has 214 valence electrons. The normalized spacial score (nSPS) is 23.0. The van der Waals surface area contributed by atoms with Crippen molar-refractivity contribution in [3.63, 3.8) is 0 Å². The monoisotopic (exact) mass is 562 g/mol. The molecule has 0 saturated carbocycles. The van der Waals surface area contributed by atoms with E-state index in [0.717, 1.165) is 86.9 Å². The van der Waals surface area contributed by atoms with Gasteiger partial charge < -0.3 is 19.3 Å². The Labute approximate surface area is 245 Å². The van der Waals surface area contributed by atoms with Gasteiger partial charge in [0.15, 0.2) is 0 Å². The maximum atomic E-state index is 9.82. The first-order valence-electron chi connectivity index (χ1n) is 14.8. The fourth-order valence-corrected chi connectivity index (χ4v) is 7.35. The van der Waals surface area contributed by atoms with Gasteiger partial charge in [0.05, 0.1) is 36.3 Å². The van der Waals surface area contributed by atoms with Gasteiger partial charge in [-0.15, -0.1) is 0 Å². The molecule has 10 nitrogen and oxygen atoms in total. The third-order valence-corrected chi connectivity index (χ3v) is 9.79.